The van der Waals surface area contributed by atoms with Gasteiger partial charge >= 0.3 is 5.97 Å². The van der Waals surface area contributed by atoms with Crippen molar-refractivity contribution in [2.75, 3.05) is 6.61 Å². The number of hydrogen-bond acceptors (Lipinski definition) is 5. The van der Waals surface area contributed by atoms with Crippen LogP contribution in [0.4, 0.5) is 0 Å². The zero-order chi connectivity index (χ0) is 19.6. The molecule has 0 unspecified atom stereocenters. The molecule has 142 valence electrons. The molecule has 0 saturated heterocycles. The number of ketones is 1. The van der Waals surface area contributed by atoms with Gasteiger partial charge in [0.15, 0.2) is 6.61 Å². The smallest absolute Gasteiger partial charge is 0.348 e. The van der Waals surface area contributed by atoms with Crippen LogP contribution in [0.25, 0.3) is 0 Å². The van der Waals surface area contributed by atoms with Gasteiger partial charge in [-0.3, -0.25) is 4.79 Å². The summed E-state index contributed by atoms with van der Waals surface area (Å²) in [6.07, 6.45) is 0.888. The van der Waals surface area contributed by atoms with Gasteiger partial charge in [0.1, 0.15) is 4.88 Å². The van der Waals surface area contributed by atoms with Crippen LogP contribution in [-0.2, 0) is 17.7 Å². The van der Waals surface area contributed by atoms with E-state index in [1.807, 2.05) is 44.4 Å². The van der Waals surface area contributed by atoms with Crippen LogP contribution in [0, 0.1) is 20.8 Å². The number of nitrogens with zero attached hydrogens (tertiary/aromatic N) is 1. The number of carbonyl (C=O) groups excluding carboxylic acids is 2. The topological polar surface area (TPSA) is 48.3 Å². The first-order valence-electron chi connectivity index (χ1n) is 8.89. The van der Waals surface area contributed by atoms with Gasteiger partial charge in [-0.05, 0) is 56.3 Å². The van der Waals surface area contributed by atoms with Crippen LogP contribution in [0.2, 0.25) is 0 Å². The molecule has 0 bridgehead atoms. The molecular formula is C21H23NO3S2. The van der Waals surface area contributed by atoms with Crippen LogP contribution in [0.15, 0.2) is 29.6 Å². The number of Topliss-reactive ketones (excluding diaryl/α,β-unsaturated/α-hetero) is 1. The minimum absolute atomic E-state index is 0.169. The summed E-state index contributed by atoms with van der Waals surface area (Å²) in [5, 5.41) is 2.05. The molecule has 0 radical (unpaired) electrons. The van der Waals surface area contributed by atoms with Crippen LogP contribution >= 0.6 is 22.7 Å². The lowest BCUT2D eigenvalue weighted by Gasteiger charge is -2.08. The summed E-state index contributed by atoms with van der Waals surface area (Å²) in [6.45, 7) is 8.48. The average Bonchev–Trinajstić information content (AvgIpc) is 3.35. The van der Waals surface area contributed by atoms with Gasteiger partial charge in [0.25, 0.3) is 0 Å². The molecule has 4 nitrogen and oxygen atoms in total. The molecule has 0 aromatic carbocycles. The molecule has 0 saturated carbocycles. The molecular weight excluding hydrogens is 378 g/mol. The molecule has 0 aliphatic rings. The Bertz CT molecular complexity index is 964. The molecule has 0 aliphatic carbocycles. The summed E-state index contributed by atoms with van der Waals surface area (Å²) >= 11 is 3.13. The maximum Gasteiger partial charge on any atom is 0.348 e. The zero-order valence-corrected chi connectivity index (χ0v) is 17.6. The number of carbonyl (C=O) groups is 2. The Kier molecular flexibility index (Phi) is 5.97. The van der Waals surface area contributed by atoms with E-state index in [1.165, 1.54) is 21.1 Å². The third-order valence-electron chi connectivity index (χ3n) is 4.65. The summed E-state index contributed by atoms with van der Waals surface area (Å²) in [5.41, 5.74) is 3.64. The molecule has 6 heteroatoms. The van der Waals surface area contributed by atoms with Gasteiger partial charge in [-0.15, -0.1) is 22.7 Å². The second-order valence-corrected chi connectivity index (χ2v) is 8.69. The van der Waals surface area contributed by atoms with Crippen molar-refractivity contribution in [3.8, 4) is 0 Å². The molecule has 0 aliphatic heterocycles. The van der Waals surface area contributed by atoms with E-state index in [2.05, 4.69) is 17.6 Å². The Morgan fingerprint density at radius 1 is 1.19 bits per heavy atom. The van der Waals surface area contributed by atoms with Gasteiger partial charge in [0, 0.05) is 26.7 Å². The summed E-state index contributed by atoms with van der Waals surface area (Å²) in [7, 11) is 0. The van der Waals surface area contributed by atoms with E-state index in [1.54, 1.807) is 11.3 Å². The van der Waals surface area contributed by atoms with Gasteiger partial charge in [-0.2, -0.15) is 0 Å². The van der Waals surface area contributed by atoms with Crippen molar-refractivity contribution in [2.24, 2.45) is 0 Å². The van der Waals surface area contributed by atoms with Crippen molar-refractivity contribution in [1.82, 2.24) is 4.57 Å². The highest BCUT2D eigenvalue weighted by atomic mass is 32.1. The number of ether oxygens (including phenoxy) is 1. The summed E-state index contributed by atoms with van der Waals surface area (Å²) in [4.78, 5) is 27.8. The Labute approximate surface area is 167 Å². The first-order valence-corrected chi connectivity index (χ1v) is 10.6. The highest BCUT2D eigenvalue weighted by molar-refractivity contribution is 7.14. The monoisotopic (exact) mass is 401 g/mol. The highest BCUT2D eigenvalue weighted by Gasteiger charge is 2.19. The van der Waals surface area contributed by atoms with Gasteiger partial charge in [-0.25, -0.2) is 4.79 Å². The lowest BCUT2D eigenvalue weighted by Crippen LogP contribution is -2.14. The molecule has 3 aromatic heterocycles. The number of rotatable bonds is 7. The maximum atomic E-state index is 12.6. The quantitative estimate of drug-likeness (QED) is 0.404. The molecule has 0 atom stereocenters. The standard InChI is InChI=1S/C21H23NO3S2/c1-5-19-13(2)9-20(27-19)21(24)25-12-18(23)17-10-14(3)22(15(17)4)11-16-7-6-8-26-16/h6-10H,5,11-12H2,1-4H3. The minimum Gasteiger partial charge on any atom is -0.453 e. The van der Waals surface area contributed by atoms with Crippen LogP contribution < -0.4 is 0 Å². The average molecular weight is 402 g/mol. The lowest BCUT2D eigenvalue weighted by molar-refractivity contribution is 0.0479. The Balaban J connectivity index is 1.68. The lowest BCUT2D eigenvalue weighted by atomic mass is 10.1. The van der Waals surface area contributed by atoms with Gasteiger partial charge in [0.2, 0.25) is 5.78 Å². The van der Waals surface area contributed by atoms with Crippen molar-refractivity contribution in [1.29, 1.82) is 0 Å². The Morgan fingerprint density at radius 2 is 1.96 bits per heavy atom. The molecule has 0 fully saturated rings. The molecule has 27 heavy (non-hydrogen) atoms. The van der Waals surface area contributed by atoms with Crippen molar-refractivity contribution in [2.45, 2.75) is 40.7 Å². The molecule has 0 amide bonds. The fraction of sp³-hybridized carbons (Fsp3) is 0.333. The van der Waals surface area contributed by atoms with E-state index in [-0.39, 0.29) is 12.4 Å². The third-order valence-corrected chi connectivity index (χ3v) is 6.87. The number of esters is 1. The van der Waals surface area contributed by atoms with Crippen LogP contribution in [0.5, 0.6) is 0 Å². The molecule has 3 heterocycles. The minimum atomic E-state index is -0.427. The predicted molar refractivity (Wildman–Crippen MR) is 110 cm³/mol. The molecule has 0 spiro atoms. The van der Waals surface area contributed by atoms with E-state index in [0.29, 0.717) is 10.4 Å². The van der Waals surface area contributed by atoms with Crippen molar-refractivity contribution in [3.05, 3.63) is 66.8 Å². The number of thiophene rings is 2. The van der Waals surface area contributed by atoms with Gasteiger partial charge < -0.3 is 9.30 Å². The second-order valence-electron chi connectivity index (χ2n) is 6.52. The van der Waals surface area contributed by atoms with Crippen LogP contribution in [0.3, 0.4) is 0 Å². The predicted octanol–water partition coefficient (Wildman–Crippen LogP) is 5.19. The van der Waals surface area contributed by atoms with E-state index >= 15 is 0 Å². The molecule has 3 rings (SSSR count). The highest BCUT2D eigenvalue weighted by Crippen LogP contribution is 2.24. The maximum absolute atomic E-state index is 12.6. The first-order chi connectivity index (χ1) is 12.9. The Morgan fingerprint density at radius 3 is 2.59 bits per heavy atom. The molecule has 3 aromatic rings. The number of hydrogen-bond donors (Lipinski definition) is 0. The van der Waals surface area contributed by atoms with E-state index in [9.17, 15) is 9.59 Å². The normalized spacial score (nSPS) is 11.0. The van der Waals surface area contributed by atoms with Crippen LogP contribution in [0.1, 0.15) is 53.7 Å². The van der Waals surface area contributed by atoms with E-state index in [0.717, 1.165) is 29.9 Å². The van der Waals surface area contributed by atoms with Crippen molar-refractivity contribution < 1.29 is 14.3 Å². The number of aryl methyl sites for hydroxylation is 3. The SMILES string of the molecule is CCc1sc(C(=O)OCC(=O)c2cc(C)n(Cc3cccs3)c2C)cc1C. The zero-order valence-electron chi connectivity index (χ0n) is 16.0. The largest absolute Gasteiger partial charge is 0.453 e. The van der Waals surface area contributed by atoms with Crippen molar-refractivity contribution in [3.63, 3.8) is 0 Å². The summed E-state index contributed by atoms with van der Waals surface area (Å²) < 4.78 is 7.40. The first kappa shape index (κ1) is 19.6. The molecule has 0 N–H and O–H groups in total. The third kappa shape index (κ3) is 4.22. The van der Waals surface area contributed by atoms with Crippen LogP contribution in [-0.4, -0.2) is 22.9 Å². The van der Waals surface area contributed by atoms with E-state index < -0.39 is 5.97 Å². The van der Waals surface area contributed by atoms with Gasteiger partial charge in [-0.1, -0.05) is 13.0 Å². The second kappa shape index (κ2) is 8.23. The van der Waals surface area contributed by atoms with Crippen molar-refractivity contribution >= 4 is 34.4 Å². The summed E-state index contributed by atoms with van der Waals surface area (Å²) in [6, 6.07) is 7.82. The van der Waals surface area contributed by atoms with E-state index in [4.69, 9.17) is 4.74 Å². The number of aromatic nitrogens is 1. The van der Waals surface area contributed by atoms with Gasteiger partial charge in [0.05, 0.1) is 6.54 Å². The Hall–Kier alpha value is -2.18. The fourth-order valence-electron chi connectivity index (χ4n) is 3.14. The fourth-order valence-corrected chi connectivity index (χ4v) is 4.84. The summed E-state index contributed by atoms with van der Waals surface area (Å²) in [5.74, 6) is -0.596.